The molecular weight excluding hydrogens is 412 g/mol. The minimum absolute atomic E-state index is 0.000391. The van der Waals surface area contributed by atoms with Gasteiger partial charge in [0.25, 0.3) is 5.91 Å². The number of likely N-dealkylation sites (tertiary alicyclic amines) is 2. The SMILES string of the molecule is O=C(CCC1CN(C(=O)c2cc(-c3cccc(Cl)c3)n[nH]2)CC12CCC2)N1CCCC1. The Kier molecular flexibility index (Phi) is 5.51. The maximum absolute atomic E-state index is 13.2. The van der Waals surface area contributed by atoms with Crippen LogP contribution in [0.5, 0.6) is 0 Å². The Bertz CT molecular complexity index is 977. The number of aromatic amines is 1. The average molecular weight is 441 g/mol. The second-order valence-electron chi connectivity index (χ2n) is 9.40. The van der Waals surface area contributed by atoms with Crippen LogP contribution in [0.1, 0.15) is 55.4 Å². The first-order chi connectivity index (χ1) is 15.0. The van der Waals surface area contributed by atoms with E-state index in [1.807, 2.05) is 40.1 Å². The molecule has 3 aliphatic rings. The number of H-pyrrole nitrogens is 1. The van der Waals surface area contributed by atoms with Crippen LogP contribution in [0.25, 0.3) is 11.3 Å². The molecule has 2 amide bonds. The molecule has 31 heavy (non-hydrogen) atoms. The van der Waals surface area contributed by atoms with E-state index in [0.29, 0.717) is 23.1 Å². The summed E-state index contributed by atoms with van der Waals surface area (Å²) < 4.78 is 0. The smallest absolute Gasteiger partial charge is 0.271 e. The van der Waals surface area contributed by atoms with Crippen LogP contribution in [-0.4, -0.2) is 58.0 Å². The summed E-state index contributed by atoms with van der Waals surface area (Å²) in [4.78, 5) is 29.8. The minimum Gasteiger partial charge on any atom is -0.343 e. The molecule has 3 fully saturated rings. The molecule has 6 nitrogen and oxygen atoms in total. The zero-order valence-electron chi connectivity index (χ0n) is 17.8. The lowest BCUT2D eigenvalue weighted by molar-refractivity contribution is -0.130. The highest BCUT2D eigenvalue weighted by molar-refractivity contribution is 6.30. The van der Waals surface area contributed by atoms with E-state index in [4.69, 9.17) is 11.6 Å². The van der Waals surface area contributed by atoms with E-state index in [-0.39, 0.29) is 17.2 Å². The molecule has 1 N–H and O–H groups in total. The summed E-state index contributed by atoms with van der Waals surface area (Å²) in [6.07, 6.45) is 7.30. The van der Waals surface area contributed by atoms with Gasteiger partial charge in [0.05, 0.1) is 5.69 Å². The summed E-state index contributed by atoms with van der Waals surface area (Å²) >= 11 is 6.09. The number of amides is 2. The van der Waals surface area contributed by atoms with Gasteiger partial charge in [0.15, 0.2) is 0 Å². The molecule has 2 saturated heterocycles. The number of hydrogen-bond acceptors (Lipinski definition) is 3. The van der Waals surface area contributed by atoms with Crippen LogP contribution in [0, 0.1) is 11.3 Å². The summed E-state index contributed by atoms with van der Waals surface area (Å²) in [5.41, 5.74) is 2.32. The van der Waals surface area contributed by atoms with Crippen LogP contribution in [0.4, 0.5) is 0 Å². The van der Waals surface area contributed by atoms with Gasteiger partial charge in [-0.3, -0.25) is 14.7 Å². The van der Waals surface area contributed by atoms with Gasteiger partial charge in [-0.1, -0.05) is 30.2 Å². The molecule has 0 radical (unpaired) electrons. The third kappa shape index (κ3) is 3.98. The van der Waals surface area contributed by atoms with E-state index < -0.39 is 0 Å². The zero-order valence-corrected chi connectivity index (χ0v) is 18.5. The second-order valence-corrected chi connectivity index (χ2v) is 9.84. The molecule has 1 unspecified atom stereocenters. The first kappa shape index (κ1) is 20.6. The normalized spacial score (nSPS) is 22.2. The summed E-state index contributed by atoms with van der Waals surface area (Å²) in [7, 11) is 0. The zero-order chi connectivity index (χ0) is 21.4. The lowest BCUT2D eigenvalue weighted by atomic mass is 9.62. The van der Waals surface area contributed by atoms with Gasteiger partial charge in [-0.15, -0.1) is 0 Å². The van der Waals surface area contributed by atoms with Gasteiger partial charge in [0.2, 0.25) is 5.91 Å². The van der Waals surface area contributed by atoms with E-state index in [9.17, 15) is 9.59 Å². The topological polar surface area (TPSA) is 69.3 Å². The summed E-state index contributed by atoms with van der Waals surface area (Å²) in [5, 5.41) is 7.90. The van der Waals surface area contributed by atoms with E-state index in [1.165, 1.54) is 6.42 Å². The van der Waals surface area contributed by atoms with E-state index in [0.717, 1.165) is 69.5 Å². The van der Waals surface area contributed by atoms with Gasteiger partial charge in [0.1, 0.15) is 5.69 Å². The molecule has 5 rings (SSSR count). The quantitative estimate of drug-likeness (QED) is 0.750. The van der Waals surface area contributed by atoms with Crippen molar-refractivity contribution in [3.8, 4) is 11.3 Å². The van der Waals surface area contributed by atoms with Crippen molar-refractivity contribution >= 4 is 23.4 Å². The fourth-order valence-corrected chi connectivity index (χ4v) is 5.79. The fourth-order valence-electron chi connectivity index (χ4n) is 5.60. The van der Waals surface area contributed by atoms with Crippen LogP contribution in [0.3, 0.4) is 0 Å². The first-order valence-electron chi connectivity index (χ1n) is 11.4. The highest BCUT2D eigenvalue weighted by Gasteiger charge is 2.51. The Labute approximate surface area is 187 Å². The molecule has 1 aliphatic carbocycles. The number of nitrogens with zero attached hydrogens (tertiary/aromatic N) is 3. The van der Waals surface area contributed by atoms with Crippen LogP contribution >= 0.6 is 11.6 Å². The number of hydrogen-bond donors (Lipinski definition) is 1. The third-order valence-corrected chi connectivity index (χ3v) is 7.78. The van der Waals surface area contributed by atoms with Gasteiger partial charge in [-0.05, 0) is 61.6 Å². The highest BCUT2D eigenvalue weighted by Crippen LogP contribution is 2.53. The van der Waals surface area contributed by atoms with Crippen molar-refractivity contribution in [3.05, 3.63) is 41.0 Å². The Morgan fingerprint density at radius 3 is 2.65 bits per heavy atom. The summed E-state index contributed by atoms with van der Waals surface area (Å²) in [5.74, 6) is 0.698. The predicted molar refractivity (Wildman–Crippen MR) is 120 cm³/mol. The number of aromatic nitrogens is 2. The lowest BCUT2D eigenvalue weighted by Crippen LogP contribution is -2.39. The first-order valence-corrected chi connectivity index (χ1v) is 11.8. The van der Waals surface area contributed by atoms with Gasteiger partial charge < -0.3 is 9.80 Å². The van der Waals surface area contributed by atoms with Gasteiger partial charge >= 0.3 is 0 Å². The van der Waals surface area contributed by atoms with Crippen LogP contribution < -0.4 is 0 Å². The van der Waals surface area contributed by atoms with E-state index in [1.54, 1.807) is 0 Å². The van der Waals surface area contributed by atoms with Gasteiger partial charge in [-0.25, -0.2) is 0 Å². The standard InChI is InChI=1S/C24H29ClN4O2/c25-19-6-3-5-17(13-19)20-14-21(27-26-20)23(31)29-15-18(24(16-29)9-4-10-24)7-8-22(30)28-11-1-2-12-28/h3,5-6,13-14,18H,1-2,4,7-12,15-16H2,(H,26,27). The molecule has 2 aromatic rings. The monoisotopic (exact) mass is 440 g/mol. The average Bonchev–Trinajstić information content (AvgIpc) is 3.50. The highest BCUT2D eigenvalue weighted by atomic mass is 35.5. The van der Waals surface area contributed by atoms with Gasteiger partial charge in [-0.2, -0.15) is 5.10 Å². The molecule has 1 aromatic heterocycles. The van der Waals surface area contributed by atoms with Crippen molar-refractivity contribution in [2.24, 2.45) is 11.3 Å². The maximum atomic E-state index is 13.2. The van der Waals surface area contributed by atoms with Crippen LogP contribution in [-0.2, 0) is 4.79 Å². The molecule has 1 saturated carbocycles. The number of carbonyl (C=O) groups is 2. The number of rotatable bonds is 5. The Morgan fingerprint density at radius 1 is 1.13 bits per heavy atom. The molecule has 2 aliphatic heterocycles. The Morgan fingerprint density at radius 2 is 1.94 bits per heavy atom. The predicted octanol–water partition coefficient (Wildman–Crippen LogP) is 4.38. The Balaban J connectivity index is 1.25. The molecule has 1 spiro atoms. The van der Waals surface area contributed by atoms with Crippen molar-refractivity contribution < 1.29 is 9.59 Å². The molecule has 7 heteroatoms. The lowest BCUT2D eigenvalue weighted by Gasteiger charge is -2.43. The largest absolute Gasteiger partial charge is 0.343 e. The maximum Gasteiger partial charge on any atom is 0.271 e. The summed E-state index contributed by atoms with van der Waals surface area (Å²) in [6, 6.07) is 9.29. The van der Waals surface area contributed by atoms with E-state index in [2.05, 4.69) is 10.2 Å². The molecular formula is C24H29ClN4O2. The number of halogens is 1. The molecule has 164 valence electrons. The van der Waals surface area contributed by atoms with Crippen molar-refractivity contribution in [1.29, 1.82) is 0 Å². The fraction of sp³-hybridized carbons (Fsp3) is 0.542. The molecule has 3 heterocycles. The van der Waals surface area contributed by atoms with Crippen LogP contribution in [0.2, 0.25) is 5.02 Å². The van der Waals surface area contributed by atoms with Crippen LogP contribution in [0.15, 0.2) is 30.3 Å². The third-order valence-electron chi connectivity index (χ3n) is 7.54. The van der Waals surface area contributed by atoms with Crippen molar-refractivity contribution in [3.63, 3.8) is 0 Å². The number of carbonyl (C=O) groups excluding carboxylic acids is 2. The van der Waals surface area contributed by atoms with E-state index >= 15 is 0 Å². The van der Waals surface area contributed by atoms with Gasteiger partial charge in [0, 0.05) is 43.2 Å². The van der Waals surface area contributed by atoms with Crippen molar-refractivity contribution in [1.82, 2.24) is 20.0 Å². The number of nitrogens with one attached hydrogen (secondary N) is 1. The second kappa shape index (κ2) is 8.30. The Hall–Kier alpha value is -2.34. The molecule has 0 bridgehead atoms. The summed E-state index contributed by atoms with van der Waals surface area (Å²) in [6.45, 7) is 3.35. The molecule has 1 aromatic carbocycles. The van der Waals surface area contributed by atoms with Crippen molar-refractivity contribution in [2.75, 3.05) is 26.2 Å². The molecule has 1 atom stereocenters. The minimum atomic E-state index is 0.000391. The van der Waals surface area contributed by atoms with Crippen molar-refractivity contribution in [2.45, 2.75) is 44.9 Å². The number of benzene rings is 1.